The van der Waals surface area contributed by atoms with Gasteiger partial charge in [-0.15, -0.1) is 0 Å². The third-order valence-electron chi connectivity index (χ3n) is 3.23. The highest BCUT2D eigenvalue weighted by Crippen LogP contribution is 2.20. The molecule has 0 fully saturated rings. The van der Waals surface area contributed by atoms with E-state index in [-0.39, 0.29) is 5.69 Å². The second-order valence-electron chi connectivity index (χ2n) is 4.68. The van der Waals surface area contributed by atoms with Crippen molar-refractivity contribution in [1.29, 1.82) is 0 Å². The van der Waals surface area contributed by atoms with E-state index in [0.717, 1.165) is 22.2 Å². The molecule has 20 heavy (non-hydrogen) atoms. The average molecular weight is 266 g/mol. The lowest BCUT2D eigenvalue weighted by Gasteiger charge is -2.07. The number of nitrogens with zero attached hydrogens (tertiary/aromatic N) is 2. The van der Waals surface area contributed by atoms with E-state index in [1.54, 1.807) is 12.3 Å². The first-order valence-corrected chi connectivity index (χ1v) is 6.22. The van der Waals surface area contributed by atoms with Gasteiger partial charge in [0.2, 0.25) is 0 Å². The maximum Gasteiger partial charge on any atom is 0.267 e. The Hall–Kier alpha value is -2.82. The van der Waals surface area contributed by atoms with Crippen LogP contribution >= 0.6 is 0 Å². The summed E-state index contributed by atoms with van der Waals surface area (Å²) in [4.78, 5) is 15.1. The lowest BCUT2D eigenvalue weighted by atomic mass is 10.2. The molecule has 0 aliphatic rings. The number of nitrogens with two attached hydrogens (primary N) is 2. The summed E-state index contributed by atoms with van der Waals surface area (Å²) in [6.07, 6.45) is 3.59. The van der Waals surface area contributed by atoms with Gasteiger partial charge in [-0.05, 0) is 41.3 Å². The van der Waals surface area contributed by atoms with E-state index in [1.807, 2.05) is 36.5 Å². The van der Waals surface area contributed by atoms with E-state index in [0.29, 0.717) is 6.54 Å². The predicted molar refractivity (Wildman–Crippen MR) is 78.2 cm³/mol. The van der Waals surface area contributed by atoms with Crippen LogP contribution in [0, 0.1) is 0 Å². The van der Waals surface area contributed by atoms with Crippen LogP contribution in [0.2, 0.25) is 0 Å². The second kappa shape index (κ2) is 4.70. The zero-order chi connectivity index (χ0) is 14.1. The number of carbonyl (C=O) groups excluding carboxylic acids is 1. The molecule has 0 unspecified atom stereocenters. The van der Waals surface area contributed by atoms with Crippen LogP contribution in [0.5, 0.6) is 0 Å². The molecule has 3 rings (SSSR count). The molecule has 0 atom stereocenters. The highest BCUT2D eigenvalue weighted by Gasteiger charge is 2.06. The summed E-state index contributed by atoms with van der Waals surface area (Å²) in [6.45, 7) is 0.635. The molecule has 5 heteroatoms. The van der Waals surface area contributed by atoms with E-state index in [9.17, 15) is 4.79 Å². The number of hydrogen-bond acceptors (Lipinski definition) is 3. The van der Waals surface area contributed by atoms with E-state index < -0.39 is 5.91 Å². The molecule has 5 nitrogen and oxygen atoms in total. The van der Waals surface area contributed by atoms with Gasteiger partial charge in [-0.3, -0.25) is 9.78 Å². The van der Waals surface area contributed by atoms with Gasteiger partial charge in [-0.25, -0.2) is 0 Å². The predicted octanol–water partition coefficient (Wildman–Crippen LogP) is 1.77. The van der Waals surface area contributed by atoms with Crippen molar-refractivity contribution in [2.45, 2.75) is 6.54 Å². The van der Waals surface area contributed by atoms with Crippen LogP contribution in [-0.2, 0) is 6.54 Å². The van der Waals surface area contributed by atoms with Crippen molar-refractivity contribution in [3.8, 4) is 0 Å². The summed E-state index contributed by atoms with van der Waals surface area (Å²) in [5.41, 5.74) is 14.1. The Balaban J connectivity index is 1.99. The Kier molecular flexibility index (Phi) is 2.87. The van der Waals surface area contributed by atoms with Gasteiger partial charge < -0.3 is 16.0 Å². The van der Waals surface area contributed by atoms with Crippen molar-refractivity contribution in [1.82, 2.24) is 9.55 Å². The van der Waals surface area contributed by atoms with Crippen LogP contribution in [0.4, 0.5) is 5.69 Å². The molecule has 0 saturated heterocycles. The molecular formula is C15H14N4O. The highest BCUT2D eigenvalue weighted by molar-refractivity contribution is 5.90. The molecule has 0 spiro atoms. The van der Waals surface area contributed by atoms with Crippen LogP contribution in [0.25, 0.3) is 10.9 Å². The molecule has 1 amide bonds. The number of nitrogen functional groups attached to an aromatic ring is 1. The molecule has 100 valence electrons. The Labute approximate surface area is 115 Å². The SMILES string of the molecule is NC(=O)c1cc(Cn2ccc3ccc(N)cc32)ccn1. The fourth-order valence-electron chi connectivity index (χ4n) is 2.24. The summed E-state index contributed by atoms with van der Waals surface area (Å²) in [7, 11) is 0. The van der Waals surface area contributed by atoms with E-state index in [4.69, 9.17) is 11.5 Å². The van der Waals surface area contributed by atoms with Gasteiger partial charge in [0.1, 0.15) is 5.69 Å². The largest absolute Gasteiger partial charge is 0.399 e. The first-order valence-electron chi connectivity index (χ1n) is 6.22. The van der Waals surface area contributed by atoms with Crippen molar-refractivity contribution >= 4 is 22.5 Å². The number of anilines is 1. The average Bonchev–Trinajstić information content (AvgIpc) is 2.82. The van der Waals surface area contributed by atoms with Gasteiger partial charge in [-0.2, -0.15) is 0 Å². The number of rotatable bonds is 3. The van der Waals surface area contributed by atoms with E-state index >= 15 is 0 Å². The summed E-state index contributed by atoms with van der Waals surface area (Å²) in [5, 5.41) is 1.13. The fourth-order valence-corrected chi connectivity index (χ4v) is 2.24. The van der Waals surface area contributed by atoms with Gasteiger partial charge >= 0.3 is 0 Å². The fraction of sp³-hybridized carbons (Fsp3) is 0.0667. The maximum absolute atomic E-state index is 11.1. The minimum Gasteiger partial charge on any atom is -0.399 e. The summed E-state index contributed by atoms with van der Waals surface area (Å²) in [6, 6.07) is 11.4. The van der Waals surface area contributed by atoms with Gasteiger partial charge in [0.15, 0.2) is 0 Å². The molecule has 2 heterocycles. The number of pyridine rings is 1. The molecule has 3 aromatic rings. The van der Waals surface area contributed by atoms with Gasteiger partial charge in [0.05, 0.1) is 5.52 Å². The zero-order valence-electron chi connectivity index (χ0n) is 10.8. The first-order chi connectivity index (χ1) is 9.63. The number of carbonyl (C=O) groups is 1. The first kappa shape index (κ1) is 12.2. The van der Waals surface area contributed by atoms with Gasteiger partial charge in [0, 0.05) is 24.6 Å². The Morgan fingerprint density at radius 1 is 1.20 bits per heavy atom. The monoisotopic (exact) mass is 266 g/mol. The standard InChI is InChI=1S/C15H14N4O/c16-12-2-1-11-4-6-19(14(11)8-12)9-10-3-5-18-13(7-10)15(17)20/h1-8H,9,16H2,(H2,17,20). The van der Waals surface area contributed by atoms with Crippen LogP contribution in [0.15, 0.2) is 48.8 Å². The molecule has 0 bridgehead atoms. The van der Waals surface area contributed by atoms with Crippen LogP contribution in [0.1, 0.15) is 16.1 Å². The third kappa shape index (κ3) is 2.21. The van der Waals surface area contributed by atoms with Crippen molar-refractivity contribution in [2.24, 2.45) is 5.73 Å². The van der Waals surface area contributed by atoms with Gasteiger partial charge in [-0.1, -0.05) is 6.07 Å². The lowest BCUT2D eigenvalue weighted by molar-refractivity contribution is 0.0995. The number of hydrogen-bond donors (Lipinski definition) is 2. The van der Waals surface area contributed by atoms with Crippen molar-refractivity contribution in [2.75, 3.05) is 5.73 Å². The second-order valence-corrected chi connectivity index (χ2v) is 4.68. The molecule has 2 aromatic heterocycles. The van der Waals surface area contributed by atoms with Crippen molar-refractivity contribution in [3.05, 3.63) is 60.0 Å². The summed E-state index contributed by atoms with van der Waals surface area (Å²) >= 11 is 0. The Morgan fingerprint density at radius 3 is 2.85 bits per heavy atom. The zero-order valence-corrected chi connectivity index (χ0v) is 10.8. The smallest absolute Gasteiger partial charge is 0.267 e. The summed E-state index contributed by atoms with van der Waals surface area (Å²) in [5.74, 6) is -0.520. The van der Waals surface area contributed by atoms with Gasteiger partial charge in [0.25, 0.3) is 5.91 Å². The highest BCUT2D eigenvalue weighted by atomic mass is 16.1. The van der Waals surface area contributed by atoms with Crippen LogP contribution in [0.3, 0.4) is 0 Å². The number of benzene rings is 1. The van der Waals surface area contributed by atoms with Crippen molar-refractivity contribution < 1.29 is 4.79 Å². The minimum atomic E-state index is -0.520. The molecule has 0 saturated carbocycles. The third-order valence-corrected chi connectivity index (χ3v) is 3.23. The Bertz CT molecular complexity index is 791. The Morgan fingerprint density at radius 2 is 2.05 bits per heavy atom. The maximum atomic E-state index is 11.1. The topological polar surface area (TPSA) is 86.9 Å². The molecule has 4 N–H and O–H groups in total. The molecule has 0 aliphatic heterocycles. The molecule has 0 radical (unpaired) electrons. The molecule has 0 aliphatic carbocycles. The summed E-state index contributed by atoms with van der Waals surface area (Å²) < 4.78 is 2.08. The number of fused-ring (bicyclic) bond motifs is 1. The number of primary amides is 1. The number of amides is 1. The van der Waals surface area contributed by atoms with Crippen LogP contribution < -0.4 is 11.5 Å². The number of aromatic nitrogens is 2. The van der Waals surface area contributed by atoms with E-state index in [2.05, 4.69) is 9.55 Å². The lowest BCUT2D eigenvalue weighted by Crippen LogP contribution is -2.13. The molecule has 1 aromatic carbocycles. The minimum absolute atomic E-state index is 0.276. The van der Waals surface area contributed by atoms with Crippen LogP contribution in [-0.4, -0.2) is 15.5 Å². The quantitative estimate of drug-likeness (QED) is 0.708. The van der Waals surface area contributed by atoms with Crippen molar-refractivity contribution in [3.63, 3.8) is 0 Å². The van der Waals surface area contributed by atoms with E-state index in [1.165, 1.54) is 0 Å². The molecular weight excluding hydrogens is 252 g/mol. The normalized spacial score (nSPS) is 10.8.